The Hall–Kier alpha value is -1.48. The number of hydrogen-bond donors (Lipinski definition) is 4. The molecule has 0 radical (unpaired) electrons. The van der Waals surface area contributed by atoms with Crippen molar-refractivity contribution in [3.8, 4) is 0 Å². The second kappa shape index (κ2) is 26.0. The summed E-state index contributed by atoms with van der Waals surface area (Å²) in [5.41, 5.74) is -0.562. The van der Waals surface area contributed by atoms with E-state index in [4.69, 9.17) is 0 Å². The number of nitrogens with one attached hydrogen (secondary N) is 4. The van der Waals surface area contributed by atoms with Crippen LogP contribution in [0, 0.1) is 44.3 Å². The molecule has 0 aromatic carbocycles. The number of ketones is 4. The smallest absolute Gasteiger partial charge is 0.155 e. The van der Waals surface area contributed by atoms with Crippen LogP contribution < -0.4 is 21.3 Å². The van der Waals surface area contributed by atoms with Crippen molar-refractivity contribution >= 4 is 23.1 Å². The maximum Gasteiger partial charge on any atom is 0.155 e. The summed E-state index contributed by atoms with van der Waals surface area (Å²) in [6, 6.07) is -0.0643. The van der Waals surface area contributed by atoms with E-state index in [-0.39, 0.29) is 73.4 Å². The lowest BCUT2D eigenvalue weighted by molar-refractivity contribution is -0.130. The molecule has 0 amide bonds. The first-order valence-electron chi connectivity index (χ1n) is 27.0. The van der Waals surface area contributed by atoms with Gasteiger partial charge >= 0.3 is 0 Å². The van der Waals surface area contributed by atoms with Crippen LogP contribution in [0.3, 0.4) is 0 Å². The highest BCUT2D eigenvalue weighted by molar-refractivity contribution is 5.90. The number of rotatable bonds is 15. The highest BCUT2D eigenvalue weighted by atomic mass is 16.1. The Kier molecular flexibility index (Phi) is 26.2. The lowest BCUT2D eigenvalue weighted by Gasteiger charge is -2.43. The van der Waals surface area contributed by atoms with Crippen LogP contribution in [0.2, 0.25) is 0 Å². The molecule has 0 aromatic rings. The molecule has 8 nitrogen and oxygen atoms in total. The Morgan fingerprint density at radius 2 is 0.735 bits per heavy atom. The van der Waals surface area contributed by atoms with Crippen molar-refractivity contribution in [3.63, 3.8) is 0 Å². The predicted octanol–water partition coefficient (Wildman–Crippen LogP) is 14.7. The predicted molar refractivity (Wildman–Crippen MR) is 297 cm³/mol. The topological polar surface area (TPSA) is 116 Å². The third kappa shape index (κ3) is 31.8. The van der Waals surface area contributed by atoms with Crippen LogP contribution >= 0.6 is 0 Å². The van der Waals surface area contributed by atoms with E-state index in [1.54, 1.807) is 0 Å². The molecular weight excluding hydrogens is 841 g/mol. The molecule has 4 atom stereocenters. The lowest BCUT2D eigenvalue weighted by atomic mass is 9.65. The van der Waals surface area contributed by atoms with Gasteiger partial charge in [0.05, 0.1) is 24.2 Å². The van der Waals surface area contributed by atoms with Gasteiger partial charge in [0.2, 0.25) is 0 Å². The van der Waals surface area contributed by atoms with Gasteiger partial charge in [-0.2, -0.15) is 0 Å². The SMILES string of the molecule is CC(C)(C)C[C@H](NC(C)(C)C)C(=O)C(C)(C)C.CC(C)(C)N[C@@H](CC1CCC1)C(=O)C(C)(C)C.CC(C)C[C@H](NC(C)(C)C)C(=O)C(C)(C)C.CC1(C[C@H](NC(C)(C)C)C(=O)C(C)(C)C)CCC1. The normalized spacial score (nSPS) is 18.2. The summed E-state index contributed by atoms with van der Waals surface area (Å²) < 4.78 is 0. The molecule has 0 aliphatic heterocycles. The molecule has 0 aromatic heterocycles. The van der Waals surface area contributed by atoms with Gasteiger partial charge in [-0.1, -0.05) is 150 Å². The van der Waals surface area contributed by atoms with Crippen molar-refractivity contribution in [2.75, 3.05) is 0 Å². The molecule has 2 fully saturated rings. The number of carbonyl (C=O) groups is 4. The third-order valence-electron chi connectivity index (χ3n) is 12.2. The monoisotopic (exact) mass is 961 g/mol. The van der Waals surface area contributed by atoms with Gasteiger partial charge in [-0.3, -0.25) is 19.2 Å². The summed E-state index contributed by atoms with van der Waals surface area (Å²) in [5.74, 6) is 2.63. The van der Waals surface area contributed by atoms with E-state index < -0.39 is 0 Å². The molecule has 68 heavy (non-hydrogen) atoms. The minimum atomic E-state index is -0.284. The molecule has 2 aliphatic carbocycles. The molecule has 8 heteroatoms. The molecule has 0 saturated heterocycles. The molecular formula is C60H120N4O4. The standard InChI is InChI=1S/C16H31NO.C15H29NO.C15H31NO.C14H29NO/c1-14(2,3)13(18)12(17-15(4,5)6)11-16(7)9-8-10-16;1-14(2,3)13(17)12(16-15(4,5)6)10-11-8-7-9-11;1-13(2,3)10-11(16-15(7,8)9)12(17)14(4,5)6;1-10(2)9-11(15-14(6,7)8)12(16)13(3,4)5/h12,17H,8-11H2,1-7H3;11-12,16H,7-10H2,1-6H3;11,16H,10H2,1-9H3;10-11,15H,9H2,1-8H3/t2*12-;2*11-/m0000/s1. The van der Waals surface area contributed by atoms with Crippen LogP contribution in [-0.4, -0.2) is 69.5 Å². The van der Waals surface area contributed by atoms with Gasteiger partial charge in [0.15, 0.2) is 23.1 Å². The molecule has 2 saturated carbocycles. The number of carbonyl (C=O) groups excluding carboxylic acids is 4. The van der Waals surface area contributed by atoms with E-state index in [0.29, 0.717) is 34.5 Å². The Balaban J connectivity index is 0. The molecule has 404 valence electrons. The van der Waals surface area contributed by atoms with Crippen molar-refractivity contribution < 1.29 is 19.2 Å². The van der Waals surface area contributed by atoms with Crippen LogP contribution in [0.1, 0.15) is 272 Å². The first-order chi connectivity index (χ1) is 29.7. The molecule has 2 aliphatic rings. The van der Waals surface area contributed by atoms with Gasteiger partial charge in [-0.25, -0.2) is 0 Å². The van der Waals surface area contributed by atoms with E-state index in [9.17, 15) is 19.2 Å². The lowest BCUT2D eigenvalue weighted by Crippen LogP contribution is -2.53. The maximum atomic E-state index is 12.6. The summed E-state index contributed by atoms with van der Waals surface area (Å²) in [4.78, 5) is 49.8. The fraction of sp³-hybridized carbons (Fsp3) is 0.933. The molecule has 2 rings (SSSR count). The molecule has 0 spiro atoms. The Labute approximate surface area is 424 Å². The van der Waals surface area contributed by atoms with Crippen LogP contribution in [0.4, 0.5) is 0 Å². The summed E-state index contributed by atoms with van der Waals surface area (Å²) in [6.07, 6.45) is 11.6. The highest BCUT2D eigenvalue weighted by Gasteiger charge is 2.41. The van der Waals surface area contributed by atoms with Gasteiger partial charge in [0.25, 0.3) is 0 Å². The van der Waals surface area contributed by atoms with Gasteiger partial charge in [-0.15, -0.1) is 0 Å². The Morgan fingerprint density at radius 3 is 1.00 bits per heavy atom. The summed E-state index contributed by atoms with van der Waals surface area (Å²) in [6.45, 7) is 62.8. The Morgan fingerprint density at radius 1 is 0.441 bits per heavy atom. The Bertz CT molecular complexity index is 1500. The summed E-state index contributed by atoms with van der Waals surface area (Å²) in [5, 5.41) is 14.0. The zero-order valence-corrected chi connectivity index (χ0v) is 51.2. The second-order valence-electron chi connectivity index (χ2n) is 31.5. The van der Waals surface area contributed by atoms with Crippen LogP contribution in [0.5, 0.6) is 0 Å². The molecule has 4 N–H and O–H groups in total. The van der Waals surface area contributed by atoms with Crippen molar-refractivity contribution in [1.29, 1.82) is 0 Å². The van der Waals surface area contributed by atoms with Gasteiger partial charge < -0.3 is 21.3 Å². The van der Waals surface area contributed by atoms with Crippen molar-refractivity contribution in [2.45, 2.75) is 318 Å². The molecule has 0 heterocycles. The molecule has 0 bridgehead atoms. The molecule has 0 unspecified atom stereocenters. The summed E-state index contributed by atoms with van der Waals surface area (Å²) in [7, 11) is 0. The number of hydrogen-bond acceptors (Lipinski definition) is 8. The average molecular weight is 962 g/mol. The maximum absolute atomic E-state index is 12.6. The van der Waals surface area contributed by atoms with Crippen LogP contribution in [0.15, 0.2) is 0 Å². The van der Waals surface area contributed by atoms with E-state index in [2.05, 4.69) is 146 Å². The van der Waals surface area contributed by atoms with Crippen molar-refractivity contribution in [3.05, 3.63) is 0 Å². The van der Waals surface area contributed by atoms with E-state index >= 15 is 0 Å². The van der Waals surface area contributed by atoms with E-state index in [1.807, 2.05) is 83.1 Å². The first kappa shape index (κ1) is 68.6. The fourth-order valence-electron chi connectivity index (χ4n) is 8.69. The van der Waals surface area contributed by atoms with E-state index in [0.717, 1.165) is 31.6 Å². The summed E-state index contributed by atoms with van der Waals surface area (Å²) >= 11 is 0. The minimum absolute atomic E-state index is 0.00435. The van der Waals surface area contributed by atoms with Crippen LogP contribution in [0.25, 0.3) is 0 Å². The zero-order valence-electron chi connectivity index (χ0n) is 51.2. The average Bonchev–Trinajstić information content (AvgIpc) is 3.02. The highest BCUT2D eigenvalue weighted by Crippen LogP contribution is 2.45. The van der Waals surface area contributed by atoms with Crippen LogP contribution in [-0.2, 0) is 19.2 Å². The van der Waals surface area contributed by atoms with Crippen molar-refractivity contribution in [1.82, 2.24) is 21.3 Å². The zero-order chi connectivity index (χ0) is 54.7. The second-order valence-corrected chi connectivity index (χ2v) is 31.5. The van der Waals surface area contributed by atoms with Gasteiger partial charge in [-0.05, 0) is 144 Å². The van der Waals surface area contributed by atoms with E-state index in [1.165, 1.54) is 38.5 Å². The fourth-order valence-corrected chi connectivity index (χ4v) is 8.69. The number of Topliss-reactive ketones (excluding diaryl/α,β-unsaturated/α-hetero) is 4. The van der Waals surface area contributed by atoms with Gasteiger partial charge in [0, 0.05) is 43.8 Å². The largest absolute Gasteiger partial charge is 0.303 e. The van der Waals surface area contributed by atoms with Crippen molar-refractivity contribution in [2.24, 2.45) is 44.3 Å². The van der Waals surface area contributed by atoms with Gasteiger partial charge in [0.1, 0.15) is 0 Å². The third-order valence-corrected chi connectivity index (χ3v) is 12.2. The minimum Gasteiger partial charge on any atom is -0.303 e. The quantitative estimate of drug-likeness (QED) is 0.128. The first-order valence-corrected chi connectivity index (χ1v) is 27.0.